The third-order valence-corrected chi connectivity index (χ3v) is 6.81. The lowest BCUT2D eigenvalue weighted by atomic mass is 9.81. The number of amides is 1. The number of anilines is 1. The Morgan fingerprint density at radius 1 is 1.25 bits per heavy atom. The molecule has 3 heterocycles. The van der Waals surface area contributed by atoms with Gasteiger partial charge in [-0.1, -0.05) is 0 Å². The number of carbonyl (C=O) groups excluding carboxylic acids is 2. The van der Waals surface area contributed by atoms with Gasteiger partial charge in [0.25, 0.3) is 5.91 Å². The lowest BCUT2D eigenvalue weighted by Crippen LogP contribution is -3.15. The summed E-state index contributed by atoms with van der Waals surface area (Å²) in [6.07, 6.45) is 0.765. The second kappa shape index (κ2) is 8.10. The van der Waals surface area contributed by atoms with E-state index in [1.807, 2.05) is 0 Å². The minimum Gasteiger partial charge on any atom is -0.462 e. The van der Waals surface area contributed by atoms with E-state index < -0.39 is 0 Å². The molecule has 2 aliphatic rings. The predicted molar refractivity (Wildman–Crippen MR) is 108 cm³/mol. The molecule has 7 nitrogen and oxygen atoms in total. The quantitative estimate of drug-likeness (QED) is 0.592. The monoisotopic (exact) mass is 411 g/mol. The lowest BCUT2D eigenvalue weighted by molar-refractivity contribution is -0.899. The molecule has 0 radical (unpaired) electrons. The number of ether oxygens (including phenoxy) is 2. The van der Waals surface area contributed by atoms with Crippen molar-refractivity contribution in [3.05, 3.63) is 16.0 Å². The molecule has 0 bridgehead atoms. The van der Waals surface area contributed by atoms with E-state index in [0.717, 1.165) is 30.0 Å². The Labute approximate surface area is 170 Å². The van der Waals surface area contributed by atoms with E-state index in [-0.39, 0.29) is 23.0 Å². The van der Waals surface area contributed by atoms with Crippen LogP contribution < -0.4 is 15.5 Å². The zero-order chi connectivity index (χ0) is 20.5. The van der Waals surface area contributed by atoms with Crippen molar-refractivity contribution >= 4 is 28.2 Å². The van der Waals surface area contributed by atoms with Crippen molar-refractivity contribution in [2.24, 2.45) is 0 Å². The molecule has 156 valence electrons. The molecule has 28 heavy (non-hydrogen) atoms. The van der Waals surface area contributed by atoms with Crippen molar-refractivity contribution in [1.29, 1.82) is 0 Å². The van der Waals surface area contributed by atoms with Crippen molar-refractivity contribution in [1.82, 2.24) is 0 Å². The number of nitrogens with two attached hydrogens (primary N) is 1. The standard InChI is InChI=1S/C20H31N3O4S/c1-6-27-18(25)15-13-11-19(2,3)22-20(4,5)16(13)28-17(15)21-14(24)12-23-7-9-26-10-8-23/h22H,6-12H2,1-5H3,(H,21,24)/p+2. The van der Waals surface area contributed by atoms with Crippen LogP contribution in [0.2, 0.25) is 0 Å². The number of carbonyl (C=O) groups is 2. The average Bonchev–Trinajstić information content (AvgIpc) is 2.92. The largest absolute Gasteiger partial charge is 0.462 e. The first-order valence-corrected chi connectivity index (χ1v) is 10.9. The normalized spacial score (nSPS) is 21.0. The van der Waals surface area contributed by atoms with Gasteiger partial charge in [-0.2, -0.15) is 0 Å². The van der Waals surface area contributed by atoms with E-state index in [1.165, 1.54) is 16.2 Å². The first kappa shape index (κ1) is 21.2. The first-order valence-electron chi connectivity index (χ1n) is 10.0. The molecule has 2 aliphatic heterocycles. The highest BCUT2D eigenvalue weighted by Crippen LogP contribution is 2.42. The van der Waals surface area contributed by atoms with E-state index in [4.69, 9.17) is 9.47 Å². The fourth-order valence-electron chi connectivity index (χ4n) is 4.45. The van der Waals surface area contributed by atoms with Crippen LogP contribution in [0.3, 0.4) is 0 Å². The van der Waals surface area contributed by atoms with Crippen LogP contribution in [0, 0.1) is 0 Å². The van der Waals surface area contributed by atoms with Crippen molar-refractivity contribution in [2.75, 3.05) is 44.8 Å². The number of quaternary nitrogens is 2. The average molecular weight is 412 g/mol. The highest BCUT2D eigenvalue weighted by molar-refractivity contribution is 7.17. The maximum atomic E-state index is 12.8. The molecule has 1 amide bonds. The van der Waals surface area contributed by atoms with Gasteiger partial charge in [0, 0.05) is 6.42 Å². The summed E-state index contributed by atoms with van der Waals surface area (Å²) in [6, 6.07) is 0. The Bertz CT molecular complexity index is 751. The molecule has 8 heteroatoms. The number of morpholine rings is 1. The second-order valence-corrected chi connectivity index (χ2v) is 9.97. The van der Waals surface area contributed by atoms with Gasteiger partial charge in [0.05, 0.1) is 35.8 Å². The van der Waals surface area contributed by atoms with Gasteiger partial charge in [-0.25, -0.2) is 4.79 Å². The highest BCUT2D eigenvalue weighted by Gasteiger charge is 2.45. The Morgan fingerprint density at radius 3 is 2.57 bits per heavy atom. The summed E-state index contributed by atoms with van der Waals surface area (Å²) < 4.78 is 10.7. The number of hydrogen-bond acceptors (Lipinski definition) is 5. The maximum absolute atomic E-state index is 12.8. The van der Waals surface area contributed by atoms with Gasteiger partial charge in [0.15, 0.2) is 6.54 Å². The number of esters is 1. The van der Waals surface area contributed by atoms with Crippen molar-refractivity contribution in [3.63, 3.8) is 0 Å². The van der Waals surface area contributed by atoms with E-state index in [9.17, 15) is 9.59 Å². The number of fused-ring (bicyclic) bond motifs is 1. The van der Waals surface area contributed by atoms with Gasteiger partial charge in [0.1, 0.15) is 23.6 Å². The fourth-order valence-corrected chi connectivity index (χ4v) is 5.74. The summed E-state index contributed by atoms with van der Waals surface area (Å²) in [5, 5.41) is 5.99. The van der Waals surface area contributed by atoms with Gasteiger partial charge in [-0.05, 0) is 40.2 Å². The van der Waals surface area contributed by atoms with E-state index in [0.29, 0.717) is 36.9 Å². The third-order valence-electron chi connectivity index (χ3n) is 5.32. The molecule has 3 rings (SSSR count). The summed E-state index contributed by atoms with van der Waals surface area (Å²) in [7, 11) is 0. The maximum Gasteiger partial charge on any atom is 0.341 e. The van der Waals surface area contributed by atoms with Crippen LogP contribution >= 0.6 is 11.3 Å². The van der Waals surface area contributed by atoms with Gasteiger partial charge in [0.2, 0.25) is 0 Å². The Hall–Kier alpha value is -1.48. The van der Waals surface area contributed by atoms with Gasteiger partial charge < -0.3 is 25.0 Å². The molecule has 4 N–H and O–H groups in total. The lowest BCUT2D eigenvalue weighted by Gasteiger charge is -2.38. The Morgan fingerprint density at radius 2 is 1.93 bits per heavy atom. The van der Waals surface area contributed by atoms with Crippen molar-refractivity contribution in [3.8, 4) is 0 Å². The van der Waals surface area contributed by atoms with Crippen LogP contribution in [-0.2, 0) is 26.2 Å². The molecule has 0 saturated carbocycles. The number of hydrogen-bond donors (Lipinski definition) is 3. The molecule has 0 unspecified atom stereocenters. The molecule has 1 saturated heterocycles. The Balaban J connectivity index is 1.91. The van der Waals surface area contributed by atoms with Crippen molar-refractivity contribution in [2.45, 2.75) is 52.1 Å². The van der Waals surface area contributed by atoms with Crippen LogP contribution in [0.25, 0.3) is 0 Å². The summed E-state index contributed by atoms with van der Waals surface area (Å²) in [4.78, 5) is 27.8. The molecule has 1 aromatic rings. The third kappa shape index (κ3) is 4.56. The van der Waals surface area contributed by atoms with Crippen molar-refractivity contribution < 1.29 is 29.3 Å². The highest BCUT2D eigenvalue weighted by atomic mass is 32.1. The Kier molecular flexibility index (Phi) is 6.14. The topological polar surface area (TPSA) is 85.7 Å². The zero-order valence-electron chi connectivity index (χ0n) is 17.6. The van der Waals surface area contributed by atoms with Gasteiger partial charge in [-0.15, -0.1) is 11.3 Å². The fraction of sp³-hybridized carbons (Fsp3) is 0.700. The van der Waals surface area contributed by atoms with Crippen LogP contribution in [0.4, 0.5) is 5.00 Å². The summed E-state index contributed by atoms with van der Waals surface area (Å²) in [5.41, 5.74) is 1.37. The molecule has 1 aromatic heterocycles. The molecule has 0 aromatic carbocycles. The summed E-state index contributed by atoms with van der Waals surface area (Å²) >= 11 is 1.52. The van der Waals surface area contributed by atoms with E-state index in [1.54, 1.807) is 6.92 Å². The second-order valence-electron chi connectivity index (χ2n) is 8.95. The summed E-state index contributed by atoms with van der Waals surface area (Å²) in [5.74, 6) is -0.412. The molecule has 1 fully saturated rings. The molecular weight excluding hydrogens is 378 g/mol. The predicted octanol–water partition coefficient (Wildman–Crippen LogP) is -0.0884. The minimum absolute atomic E-state index is 0.0297. The minimum atomic E-state index is -0.345. The molecule has 0 aliphatic carbocycles. The molecule has 0 spiro atoms. The first-order chi connectivity index (χ1) is 13.1. The molecular formula is C20H33N3O4S+2. The van der Waals surface area contributed by atoms with E-state index in [2.05, 4.69) is 38.3 Å². The summed E-state index contributed by atoms with van der Waals surface area (Å²) in [6.45, 7) is 14.2. The number of thiophene rings is 1. The van der Waals surface area contributed by atoms with Crippen LogP contribution in [0.15, 0.2) is 0 Å². The van der Waals surface area contributed by atoms with Crippen LogP contribution in [0.1, 0.15) is 55.4 Å². The van der Waals surface area contributed by atoms with Gasteiger partial charge in [-0.3, -0.25) is 4.79 Å². The SMILES string of the molecule is CCOC(=O)c1c(NC(=O)C[NH+]2CCOCC2)sc2c1CC(C)(C)[NH2+]C2(C)C. The number of nitrogens with one attached hydrogen (secondary N) is 2. The molecule has 0 atom stereocenters. The van der Waals surface area contributed by atoms with E-state index >= 15 is 0 Å². The van der Waals surface area contributed by atoms with Crippen LogP contribution in [-0.4, -0.2) is 56.9 Å². The number of rotatable bonds is 5. The van der Waals surface area contributed by atoms with Gasteiger partial charge >= 0.3 is 5.97 Å². The van der Waals surface area contributed by atoms with Crippen LogP contribution in [0.5, 0.6) is 0 Å². The smallest absolute Gasteiger partial charge is 0.341 e. The zero-order valence-corrected chi connectivity index (χ0v) is 18.4.